The number of benzene rings is 1. The lowest BCUT2D eigenvalue weighted by molar-refractivity contribution is 0.590. The van der Waals surface area contributed by atoms with Crippen LogP contribution in [0.3, 0.4) is 0 Å². The molecule has 22 heavy (non-hydrogen) atoms. The summed E-state index contributed by atoms with van der Waals surface area (Å²) in [5.74, 6) is 2.07. The largest absolute Gasteiger partial charge is 0.342 e. The molecule has 1 heterocycles. The van der Waals surface area contributed by atoms with Crippen LogP contribution in [-0.4, -0.2) is 15.8 Å². The summed E-state index contributed by atoms with van der Waals surface area (Å²) in [6, 6.07) is 8.67. The molecule has 2 aromatic rings. The first-order valence-corrected chi connectivity index (χ1v) is 8.07. The molecule has 0 saturated heterocycles. The zero-order chi connectivity index (χ0) is 15.6. The van der Waals surface area contributed by atoms with Crippen molar-refractivity contribution in [2.24, 2.45) is 5.92 Å². The van der Waals surface area contributed by atoms with E-state index in [1.54, 1.807) is 0 Å². The number of nitrogens with zero attached hydrogens (tertiary/aromatic N) is 1. The number of rotatable bonds is 4. The Bertz CT molecular complexity index is 595. The van der Waals surface area contributed by atoms with Crippen molar-refractivity contribution >= 4 is 24.0 Å². The number of alkyl halides is 1. The highest BCUT2D eigenvalue weighted by Crippen LogP contribution is 2.26. The zero-order valence-corrected chi connectivity index (χ0v) is 15.6. The average molecular weight is 341 g/mol. The van der Waals surface area contributed by atoms with E-state index >= 15 is 0 Å². The SMILES string of the molecule is Cc1[nH]c(-c2ccc(C(C)(C)C)cc2)nc1CC(C)CCl.Cl. The molecule has 0 saturated carbocycles. The van der Waals surface area contributed by atoms with E-state index in [4.69, 9.17) is 16.6 Å². The van der Waals surface area contributed by atoms with Gasteiger partial charge in [-0.2, -0.15) is 0 Å². The molecule has 0 aliphatic heterocycles. The van der Waals surface area contributed by atoms with Crippen LogP contribution in [0.4, 0.5) is 0 Å². The van der Waals surface area contributed by atoms with Crippen molar-refractivity contribution in [1.29, 1.82) is 0 Å². The molecule has 1 N–H and O–H groups in total. The van der Waals surface area contributed by atoms with Gasteiger partial charge in [0, 0.05) is 17.1 Å². The number of hydrogen-bond acceptors (Lipinski definition) is 1. The third-order valence-electron chi connectivity index (χ3n) is 3.82. The number of aryl methyl sites for hydroxylation is 1. The van der Waals surface area contributed by atoms with Crippen molar-refractivity contribution in [3.8, 4) is 11.4 Å². The maximum Gasteiger partial charge on any atom is 0.137 e. The summed E-state index contributed by atoms with van der Waals surface area (Å²) < 4.78 is 0. The first kappa shape index (κ1) is 19.1. The molecule has 0 aliphatic rings. The molecule has 0 amide bonds. The van der Waals surface area contributed by atoms with Gasteiger partial charge in [-0.1, -0.05) is 52.0 Å². The second-order valence-electron chi connectivity index (χ2n) is 6.95. The number of halogens is 2. The highest BCUT2D eigenvalue weighted by atomic mass is 35.5. The Hall–Kier alpha value is -0.990. The first-order chi connectivity index (χ1) is 9.81. The summed E-state index contributed by atoms with van der Waals surface area (Å²) in [5.41, 5.74) is 4.92. The van der Waals surface area contributed by atoms with E-state index in [9.17, 15) is 0 Å². The first-order valence-electron chi connectivity index (χ1n) is 7.53. The Morgan fingerprint density at radius 3 is 2.27 bits per heavy atom. The molecular formula is C18H26Cl2N2. The highest BCUT2D eigenvalue weighted by molar-refractivity contribution is 6.18. The molecule has 1 unspecified atom stereocenters. The summed E-state index contributed by atoms with van der Waals surface area (Å²) >= 11 is 5.90. The second-order valence-corrected chi connectivity index (χ2v) is 7.26. The Balaban J connectivity index is 0.00000242. The van der Waals surface area contributed by atoms with E-state index in [1.165, 1.54) is 5.56 Å². The minimum Gasteiger partial charge on any atom is -0.342 e. The second kappa shape index (κ2) is 7.52. The third-order valence-corrected chi connectivity index (χ3v) is 4.34. The van der Waals surface area contributed by atoms with Crippen molar-refractivity contribution in [2.75, 3.05) is 5.88 Å². The van der Waals surface area contributed by atoms with Crippen molar-refractivity contribution < 1.29 is 0 Å². The van der Waals surface area contributed by atoms with Gasteiger partial charge in [0.2, 0.25) is 0 Å². The van der Waals surface area contributed by atoms with Gasteiger partial charge < -0.3 is 4.98 Å². The van der Waals surface area contributed by atoms with Crippen LogP contribution in [0, 0.1) is 12.8 Å². The fourth-order valence-electron chi connectivity index (χ4n) is 2.34. The van der Waals surface area contributed by atoms with Crippen molar-refractivity contribution in [2.45, 2.75) is 46.5 Å². The fraction of sp³-hybridized carbons (Fsp3) is 0.500. The topological polar surface area (TPSA) is 28.7 Å². The summed E-state index contributed by atoms with van der Waals surface area (Å²) in [5, 5.41) is 0. The van der Waals surface area contributed by atoms with Gasteiger partial charge in [-0.15, -0.1) is 24.0 Å². The normalized spacial score (nSPS) is 12.8. The molecule has 4 heteroatoms. The fourth-order valence-corrected chi connectivity index (χ4v) is 2.45. The zero-order valence-electron chi connectivity index (χ0n) is 14.0. The van der Waals surface area contributed by atoms with Gasteiger partial charge in [0.1, 0.15) is 5.82 Å². The van der Waals surface area contributed by atoms with E-state index in [1.807, 2.05) is 0 Å². The van der Waals surface area contributed by atoms with Crippen molar-refractivity contribution in [3.05, 3.63) is 41.2 Å². The van der Waals surface area contributed by atoms with E-state index in [2.05, 4.69) is 63.9 Å². The van der Waals surface area contributed by atoms with Gasteiger partial charge in [-0.05, 0) is 30.2 Å². The maximum absolute atomic E-state index is 5.90. The Kier molecular flexibility index (Phi) is 6.51. The van der Waals surface area contributed by atoms with E-state index in [0.717, 1.165) is 29.2 Å². The van der Waals surface area contributed by atoms with Gasteiger partial charge in [0.05, 0.1) is 5.69 Å². The van der Waals surface area contributed by atoms with Crippen LogP contribution in [0.5, 0.6) is 0 Å². The monoisotopic (exact) mass is 340 g/mol. The summed E-state index contributed by atoms with van der Waals surface area (Å²) in [4.78, 5) is 8.14. The molecule has 122 valence electrons. The summed E-state index contributed by atoms with van der Waals surface area (Å²) in [6.07, 6.45) is 0.923. The molecule has 0 fully saturated rings. The van der Waals surface area contributed by atoms with Crippen LogP contribution in [0.15, 0.2) is 24.3 Å². The number of imidazole rings is 1. The van der Waals surface area contributed by atoms with E-state index < -0.39 is 0 Å². The predicted molar refractivity (Wildman–Crippen MR) is 98.3 cm³/mol. The molecule has 1 aromatic heterocycles. The molecule has 2 rings (SSSR count). The number of H-pyrrole nitrogens is 1. The smallest absolute Gasteiger partial charge is 0.137 e. The average Bonchev–Trinajstić information content (AvgIpc) is 2.79. The summed E-state index contributed by atoms with van der Waals surface area (Å²) in [6.45, 7) is 10.9. The van der Waals surface area contributed by atoms with Crippen LogP contribution in [0.2, 0.25) is 0 Å². The molecule has 0 radical (unpaired) electrons. The number of aromatic nitrogens is 2. The van der Waals surface area contributed by atoms with Crippen LogP contribution >= 0.6 is 24.0 Å². The summed E-state index contributed by atoms with van der Waals surface area (Å²) in [7, 11) is 0. The molecule has 1 atom stereocenters. The van der Waals surface area contributed by atoms with Crippen LogP contribution in [-0.2, 0) is 11.8 Å². The van der Waals surface area contributed by atoms with Gasteiger partial charge in [0.15, 0.2) is 0 Å². The standard InChI is InChI=1S/C18H25ClN2.ClH/c1-12(11-19)10-16-13(2)20-17(21-16)14-6-8-15(9-7-14)18(3,4)5;/h6-9,12H,10-11H2,1-5H3,(H,20,21);1H. The highest BCUT2D eigenvalue weighted by Gasteiger charge is 2.15. The van der Waals surface area contributed by atoms with Gasteiger partial charge in [-0.3, -0.25) is 0 Å². The Morgan fingerprint density at radius 2 is 1.77 bits per heavy atom. The Morgan fingerprint density at radius 1 is 1.18 bits per heavy atom. The van der Waals surface area contributed by atoms with Gasteiger partial charge in [0.25, 0.3) is 0 Å². The van der Waals surface area contributed by atoms with E-state index in [0.29, 0.717) is 11.8 Å². The lowest BCUT2D eigenvalue weighted by atomic mass is 9.87. The molecule has 1 aromatic carbocycles. The van der Waals surface area contributed by atoms with E-state index in [-0.39, 0.29) is 17.8 Å². The molecule has 0 aliphatic carbocycles. The van der Waals surface area contributed by atoms with Crippen LogP contribution < -0.4 is 0 Å². The van der Waals surface area contributed by atoms with Gasteiger partial charge >= 0.3 is 0 Å². The lowest BCUT2D eigenvalue weighted by Gasteiger charge is -2.18. The number of hydrogen-bond donors (Lipinski definition) is 1. The quantitative estimate of drug-likeness (QED) is 0.729. The minimum atomic E-state index is 0. The van der Waals surface area contributed by atoms with Crippen LogP contribution in [0.1, 0.15) is 44.6 Å². The van der Waals surface area contributed by atoms with Gasteiger partial charge in [-0.25, -0.2) is 4.98 Å². The van der Waals surface area contributed by atoms with Crippen molar-refractivity contribution in [1.82, 2.24) is 9.97 Å². The molecule has 0 bridgehead atoms. The number of aromatic amines is 1. The molecule has 0 spiro atoms. The lowest BCUT2D eigenvalue weighted by Crippen LogP contribution is -2.10. The van der Waals surface area contributed by atoms with Crippen LogP contribution in [0.25, 0.3) is 11.4 Å². The number of nitrogens with one attached hydrogen (secondary N) is 1. The third kappa shape index (κ3) is 4.50. The Labute approximate surface area is 145 Å². The minimum absolute atomic E-state index is 0. The predicted octanol–water partition coefficient (Wildman–Crippen LogP) is 5.52. The van der Waals surface area contributed by atoms with Crippen molar-refractivity contribution in [3.63, 3.8) is 0 Å². The molecule has 2 nitrogen and oxygen atoms in total. The molecular weight excluding hydrogens is 315 g/mol. The maximum atomic E-state index is 5.90.